The van der Waals surface area contributed by atoms with Crippen LogP contribution in [0.4, 0.5) is 4.79 Å². The maximum Gasteiger partial charge on any atom is 0.354 e. The van der Waals surface area contributed by atoms with Crippen LogP contribution in [-0.2, 0) is 0 Å². The Bertz CT molecular complexity index is 629. The third-order valence-corrected chi connectivity index (χ3v) is 4.35. The number of aromatic amines is 1. The van der Waals surface area contributed by atoms with E-state index in [1.807, 2.05) is 0 Å². The van der Waals surface area contributed by atoms with Gasteiger partial charge in [-0.2, -0.15) is 10.4 Å². The lowest BCUT2D eigenvalue weighted by atomic mass is 9.91. The number of amides is 2. The second-order valence-corrected chi connectivity index (χ2v) is 5.80. The van der Waals surface area contributed by atoms with E-state index in [2.05, 4.69) is 16.3 Å². The van der Waals surface area contributed by atoms with Crippen LogP contribution in [0, 0.1) is 17.2 Å². The van der Waals surface area contributed by atoms with Gasteiger partial charge in [0.15, 0.2) is 0 Å². The smallest absolute Gasteiger partial charge is 0.354 e. The molecule has 2 fully saturated rings. The lowest BCUT2D eigenvalue weighted by Gasteiger charge is -2.41. The fraction of sp³-hybridized carbons (Fsp3) is 0.571. The predicted octanol–water partition coefficient (Wildman–Crippen LogP) is 0.863. The number of nitrogens with one attached hydrogen (secondary N) is 1. The molecule has 3 rings (SSSR count). The molecule has 1 aromatic rings. The lowest BCUT2D eigenvalue weighted by molar-refractivity contribution is 0.0687. The van der Waals surface area contributed by atoms with E-state index >= 15 is 0 Å². The van der Waals surface area contributed by atoms with Crippen LogP contribution >= 0.6 is 0 Å². The fourth-order valence-electron chi connectivity index (χ4n) is 3.10. The highest BCUT2D eigenvalue weighted by Gasteiger charge is 2.36. The lowest BCUT2D eigenvalue weighted by Crippen LogP contribution is -2.56. The Kier molecular flexibility index (Phi) is 3.71. The van der Waals surface area contributed by atoms with Gasteiger partial charge in [-0.25, -0.2) is 9.59 Å². The van der Waals surface area contributed by atoms with E-state index in [1.165, 1.54) is 6.20 Å². The number of H-pyrrole nitrogens is 1. The van der Waals surface area contributed by atoms with E-state index < -0.39 is 5.97 Å². The molecule has 2 saturated heterocycles. The number of nitriles is 1. The summed E-state index contributed by atoms with van der Waals surface area (Å²) in [4.78, 5) is 27.0. The van der Waals surface area contributed by atoms with Crippen LogP contribution in [0.3, 0.4) is 0 Å². The number of carboxylic acids is 1. The highest BCUT2D eigenvalue weighted by Crippen LogP contribution is 2.29. The molecule has 0 radical (unpaired) electrons. The Balaban J connectivity index is 1.67. The Morgan fingerprint density at radius 1 is 1.36 bits per heavy atom. The number of piperidine rings is 1. The Labute approximate surface area is 127 Å². The molecule has 0 aliphatic carbocycles. The van der Waals surface area contributed by atoms with Gasteiger partial charge in [-0.1, -0.05) is 0 Å². The van der Waals surface area contributed by atoms with Crippen molar-refractivity contribution in [3.8, 4) is 6.07 Å². The zero-order valence-electron chi connectivity index (χ0n) is 12.0. The van der Waals surface area contributed by atoms with E-state index in [0.29, 0.717) is 31.7 Å². The topological polar surface area (TPSA) is 113 Å². The molecule has 1 aromatic heterocycles. The fourth-order valence-corrected chi connectivity index (χ4v) is 3.10. The maximum absolute atomic E-state index is 12.4. The number of likely N-dealkylation sites (tertiary alicyclic amines) is 2. The van der Waals surface area contributed by atoms with Crippen molar-refractivity contribution >= 4 is 12.0 Å². The van der Waals surface area contributed by atoms with Crippen LogP contribution < -0.4 is 0 Å². The third kappa shape index (κ3) is 2.50. The molecule has 2 aliphatic rings. The van der Waals surface area contributed by atoms with Gasteiger partial charge in [0.25, 0.3) is 0 Å². The molecule has 1 atom stereocenters. The molecule has 0 bridgehead atoms. The number of nitrogens with zero attached hydrogens (tertiary/aromatic N) is 4. The van der Waals surface area contributed by atoms with Gasteiger partial charge >= 0.3 is 12.0 Å². The number of aromatic carboxylic acids is 1. The molecular weight excluding hydrogens is 286 g/mol. The van der Waals surface area contributed by atoms with Crippen molar-refractivity contribution in [2.75, 3.05) is 26.2 Å². The molecule has 2 aliphatic heterocycles. The van der Waals surface area contributed by atoms with Crippen LogP contribution in [0.5, 0.6) is 0 Å². The molecule has 0 spiro atoms. The molecule has 1 unspecified atom stereocenters. The first kappa shape index (κ1) is 14.4. The molecule has 2 amide bonds. The predicted molar refractivity (Wildman–Crippen MR) is 75.2 cm³/mol. The summed E-state index contributed by atoms with van der Waals surface area (Å²) >= 11 is 0. The van der Waals surface area contributed by atoms with E-state index in [9.17, 15) is 9.59 Å². The number of rotatable bonds is 2. The largest absolute Gasteiger partial charge is 0.477 e. The second kappa shape index (κ2) is 5.67. The Morgan fingerprint density at radius 2 is 2.14 bits per heavy atom. The first-order valence-corrected chi connectivity index (χ1v) is 7.30. The third-order valence-electron chi connectivity index (χ3n) is 4.35. The van der Waals surface area contributed by atoms with Crippen molar-refractivity contribution in [2.45, 2.75) is 18.8 Å². The van der Waals surface area contributed by atoms with Gasteiger partial charge in [0.05, 0.1) is 18.2 Å². The van der Waals surface area contributed by atoms with E-state index in [1.54, 1.807) is 9.80 Å². The molecule has 22 heavy (non-hydrogen) atoms. The molecule has 2 N–H and O–H groups in total. The quantitative estimate of drug-likeness (QED) is 0.841. The summed E-state index contributed by atoms with van der Waals surface area (Å²) in [5.74, 6) is -1.11. The minimum atomic E-state index is -1.03. The van der Waals surface area contributed by atoms with Gasteiger partial charge in [0.1, 0.15) is 5.69 Å². The van der Waals surface area contributed by atoms with Gasteiger partial charge in [-0.05, 0) is 12.8 Å². The molecular formula is C14H17N5O3. The number of aromatic nitrogens is 2. The number of hydrogen-bond acceptors (Lipinski definition) is 4. The Morgan fingerprint density at radius 3 is 2.82 bits per heavy atom. The number of urea groups is 1. The zero-order chi connectivity index (χ0) is 15.7. The van der Waals surface area contributed by atoms with Gasteiger partial charge in [0, 0.05) is 37.7 Å². The van der Waals surface area contributed by atoms with Crippen LogP contribution in [0.25, 0.3) is 0 Å². The standard InChI is InChI=1S/C14H17N5O3/c15-4-9-6-19(7-9)14(22)18-3-1-2-10(8-18)11-5-16-17-12(11)13(20)21/h5,9-10H,1-3,6-8H2,(H,16,17)(H,20,21). The normalized spacial score (nSPS) is 22.0. The molecule has 116 valence electrons. The van der Waals surface area contributed by atoms with Crippen LogP contribution in [0.15, 0.2) is 6.20 Å². The number of hydrogen-bond donors (Lipinski definition) is 2. The average molecular weight is 303 g/mol. The van der Waals surface area contributed by atoms with Gasteiger partial charge in [-0.3, -0.25) is 5.10 Å². The summed E-state index contributed by atoms with van der Waals surface area (Å²) in [6.07, 6.45) is 3.21. The minimum Gasteiger partial charge on any atom is -0.477 e. The molecule has 8 heteroatoms. The second-order valence-electron chi connectivity index (χ2n) is 5.80. The molecule has 0 saturated carbocycles. The van der Waals surface area contributed by atoms with E-state index in [-0.39, 0.29) is 23.6 Å². The summed E-state index contributed by atoms with van der Waals surface area (Å²) in [6.45, 7) is 2.14. The first-order valence-electron chi connectivity index (χ1n) is 7.30. The monoisotopic (exact) mass is 303 g/mol. The van der Waals surface area contributed by atoms with Crippen molar-refractivity contribution in [3.63, 3.8) is 0 Å². The van der Waals surface area contributed by atoms with Crippen molar-refractivity contribution in [1.82, 2.24) is 20.0 Å². The average Bonchev–Trinajstić information content (AvgIpc) is 2.96. The molecule has 0 aromatic carbocycles. The van der Waals surface area contributed by atoms with Gasteiger partial charge in [-0.15, -0.1) is 0 Å². The number of carbonyl (C=O) groups excluding carboxylic acids is 1. The first-order chi connectivity index (χ1) is 10.6. The molecule has 8 nitrogen and oxygen atoms in total. The van der Waals surface area contributed by atoms with Crippen LogP contribution in [0.2, 0.25) is 0 Å². The number of carboxylic acid groups (broad SMARTS) is 1. The van der Waals surface area contributed by atoms with Gasteiger partial charge < -0.3 is 14.9 Å². The highest BCUT2D eigenvalue weighted by molar-refractivity contribution is 5.87. The zero-order valence-corrected chi connectivity index (χ0v) is 12.0. The maximum atomic E-state index is 12.4. The van der Waals surface area contributed by atoms with Crippen LogP contribution in [0.1, 0.15) is 34.8 Å². The van der Waals surface area contributed by atoms with Crippen molar-refractivity contribution in [3.05, 3.63) is 17.5 Å². The summed E-state index contributed by atoms with van der Waals surface area (Å²) in [5, 5.41) is 24.3. The number of carbonyl (C=O) groups is 2. The van der Waals surface area contributed by atoms with Gasteiger partial charge in [0.2, 0.25) is 0 Å². The summed E-state index contributed by atoms with van der Waals surface area (Å²) in [6, 6.07) is 2.09. The molecule has 3 heterocycles. The minimum absolute atomic E-state index is 0.0180. The van der Waals surface area contributed by atoms with E-state index in [4.69, 9.17) is 10.4 Å². The van der Waals surface area contributed by atoms with E-state index in [0.717, 1.165) is 12.8 Å². The highest BCUT2D eigenvalue weighted by atomic mass is 16.4. The van der Waals surface area contributed by atoms with Crippen molar-refractivity contribution in [1.29, 1.82) is 5.26 Å². The SMILES string of the molecule is N#CC1CN(C(=O)N2CCCC(c3cn[nH]c3C(=O)O)C2)C1. The summed E-state index contributed by atoms with van der Waals surface area (Å²) in [7, 11) is 0. The van der Waals surface area contributed by atoms with Crippen LogP contribution in [-0.4, -0.2) is 63.3 Å². The van der Waals surface area contributed by atoms with Crippen molar-refractivity contribution < 1.29 is 14.7 Å². The van der Waals surface area contributed by atoms with Crippen molar-refractivity contribution in [2.24, 2.45) is 5.92 Å². The Hall–Kier alpha value is -2.56. The summed E-state index contributed by atoms with van der Waals surface area (Å²) in [5.41, 5.74) is 0.760. The summed E-state index contributed by atoms with van der Waals surface area (Å²) < 4.78 is 0.